The van der Waals surface area contributed by atoms with Crippen molar-refractivity contribution < 1.29 is 0 Å². The van der Waals surface area contributed by atoms with Gasteiger partial charge in [0.15, 0.2) is 9.68 Å². The predicted molar refractivity (Wildman–Crippen MR) is 45.4 cm³/mol. The van der Waals surface area contributed by atoms with E-state index in [1.54, 1.807) is 0 Å². The van der Waals surface area contributed by atoms with Crippen molar-refractivity contribution in [2.24, 2.45) is 0 Å². The summed E-state index contributed by atoms with van der Waals surface area (Å²) >= 11 is 0. The van der Waals surface area contributed by atoms with Crippen LogP contribution in [-0.2, 0) is 0 Å². The molecular formula is C8H13NSi. The van der Waals surface area contributed by atoms with Crippen LogP contribution in [0.15, 0.2) is 18.5 Å². The lowest BCUT2D eigenvalue weighted by Crippen LogP contribution is -2.06. The highest BCUT2D eigenvalue weighted by atomic mass is 28.2. The lowest BCUT2D eigenvalue weighted by Gasteiger charge is -2.01. The van der Waals surface area contributed by atoms with Crippen molar-refractivity contribution >= 4 is 9.68 Å². The Hall–Kier alpha value is -0.503. The summed E-state index contributed by atoms with van der Waals surface area (Å²) in [5.41, 5.74) is 2.12. The molecule has 0 unspecified atom stereocenters. The molecule has 0 bridgehead atoms. The molecule has 0 saturated carbocycles. The van der Waals surface area contributed by atoms with E-state index in [9.17, 15) is 0 Å². The third kappa shape index (κ3) is 2.03. The summed E-state index contributed by atoms with van der Waals surface area (Å²) in [6.07, 6.45) is 4.34. The fraction of sp³-hybridized carbons (Fsp3) is 0.500. The van der Waals surface area contributed by atoms with Gasteiger partial charge < -0.3 is 4.23 Å². The van der Waals surface area contributed by atoms with Crippen LogP contribution in [0.3, 0.4) is 0 Å². The highest BCUT2D eigenvalue weighted by molar-refractivity contribution is 6.35. The van der Waals surface area contributed by atoms with Crippen LogP contribution in [0.4, 0.5) is 0 Å². The Labute approximate surface area is 65.0 Å². The molecular weight excluding hydrogens is 138 g/mol. The molecule has 0 fully saturated rings. The first-order chi connectivity index (χ1) is 4.68. The van der Waals surface area contributed by atoms with E-state index in [1.807, 2.05) is 0 Å². The van der Waals surface area contributed by atoms with E-state index in [2.05, 4.69) is 43.5 Å². The maximum atomic E-state index is 2.26. The van der Waals surface area contributed by atoms with Crippen molar-refractivity contribution in [2.45, 2.75) is 26.3 Å². The zero-order chi connectivity index (χ0) is 7.56. The van der Waals surface area contributed by atoms with Crippen LogP contribution in [0.2, 0.25) is 5.54 Å². The fourth-order valence-corrected chi connectivity index (χ4v) is 1.92. The standard InChI is InChI=1S/C8H13NSi/c1-7(2)10-9-5-4-8(3)6-9/h4-7H,1-3H3. The second kappa shape index (κ2) is 3.06. The highest BCUT2D eigenvalue weighted by Gasteiger charge is 1.97. The normalized spacial score (nSPS) is 10.8. The SMILES string of the molecule is Cc1ccn([Si]C(C)C)c1. The minimum atomic E-state index is 0.770. The molecule has 1 aromatic heterocycles. The molecule has 1 rings (SSSR count). The summed E-state index contributed by atoms with van der Waals surface area (Å²) in [6.45, 7) is 6.61. The number of rotatable bonds is 2. The molecule has 0 amide bonds. The van der Waals surface area contributed by atoms with Crippen LogP contribution >= 0.6 is 0 Å². The van der Waals surface area contributed by atoms with Crippen LogP contribution in [0.25, 0.3) is 0 Å². The lowest BCUT2D eigenvalue weighted by atomic mass is 10.4. The largest absolute Gasteiger partial charge is 0.381 e. The van der Waals surface area contributed by atoms with Crippen LogP contribution in [0.5, 0.6) is 0 Å². The van der Waals surface area contributed by atoms with E-state index in [1.165, 1.54) is 5.56 Å². The van der Waals surface area contributed by atoms with Crippen molar-refractivity contribution in [2.75, 3.05) is 0 Å². The molecule has 0 aliphatic rings. The summed E-state index contributed by atoms with van der Waals surface area (Å²) in [7, 11) is 0.898. The van der Waals surface area contributed by atoms with E-state index >= 15 is 0 Å². The van der Waals surface area contributed by atoms with Crippen LogP contribution in [0.1, 0.15) is 19.4 Å². The lowest BCUT2D eigenvalue weighted by molar-refractivity contribution is 1.01. The molecule has 1 nitrogen and oxygen atoms in total. The maximum Gasteiger partial charge on any atom is 0.188 e. The summed E-state index contributed by atoms with van der Waals surface area (Å²) in [4.78, 5) is 0. The van der Waals surface area contributed by atoms with Crippen molar-refractivity contribution in [1.29, 1.82) is 0 Å². The van der Waals surface area contributed by atoms with E-state index in [0.717, 1.165) is 15.2 Å². The Kier molecular flexibility index (Phi) is 2.32. The van der Waals surface area contributed by atoms with Gasteiger partial charge in [0.1, 0.15) is 0 Å². The zero-order valence-corrected chi connectivity index (χ0v) is 7.76. The molecule has 0 spiro atoms. The van der Waals surface area contributed by atoms with E-state index < -0.39 is 0 Å². The summed E-state index contributed by atoms with van der Waals surface area (Å²) in [5, 5.41) is 0. The quantitative estimate of drug-likeness (QED) is 0.570. The highest BCUT2D eigenvalue weighted by Crippen LogP contribution is 2.02. The zero-order valence-electron chi connectivity index (χ0n) is 6.76. The van der Waals surface area contributed by atoms with Gasteiger partial charge in [-0.15, -0.1) is 0 Å². The summed E-state index contributed by atoms with van der Waals surface area (Å²) in [5.74, 6) is 0. The molecule has 10 heavy (non-hydrogen) atoms. The number of hydrogen-bond donors (Lipinski definition) is 0. The second-order valence-corrected chi connectivity index (χ2v) is 4.81. The van der Waals surface area contributed by atoms with Crippen molar-refractivity contribution in [3.63, 3.8) is 0 Å². The number of aryl methyl sites for hydroxylation is 1. The van der Waals surface area contributed by atoms with Gasteiger partial charge in [0, 0.05) is 0 Å². The van der Waals surface area contributed by atoms with Gasteiger partial charge in [-0.2, -0.15) is 0 Å². The molecule has 1 aromatic rings. The molecule has 0 N–H and O–H groups in total. The van der Waals surface area contributed by atoms with Crippen LogP contribution in [-0.4, -0.2) is 13.9 Å². The van der Waals surface area contributed by atoms with E-state index in [-0.39, 0.29) is 0 Å². The Bertz CT molecular complexity index is 203. The monoisotopic (exact) mass is 151 g/mol. The average Bonchev–Trinajstić information content (AvgIpc) is 2.13. The summed E-state index contributed by atoms with van der Waals surface area (Å²) < 4.78 is 2.26. The maximum absolute atomic E-state index is 2.26. The predicted octanol–water partition coefficient (Wildman–Crippen LogP) is 2.09. The topological polar surface area (TPSA) is 4.93 Å². The minimum Gasteiger partial charge on any atom is -0.381 e. The Balaban J connectivity index is 2.58. The third-order valence-corrected chi connectivity index (χ3v) is 2.34. The van der Waals surface area contributed by atoms with Crippen LogP contribution < -0.4 is 0 Å². The Morgan fingerprint density at radius 2 is 2.20 bits per heavy atom. The molecule has 1 heterocycles. The number of hydrogen-bond acceptors (Lipinski definition) is 0. The molecule has 0 aromatic carbocycles. The molecule has 54 valence electrons. The molecule has 0 aliphatic carbocycles. The number of aromatic nitrogens is 1. The molecule has 0 saturated heterocycles. The van der Waals surface area contributed by atoms with Gasteiger partial charge in [0.25, 0.3) is 0 Å². The molecule has 2 radical (unpaired) electrons. The van der Waals surface area contributed by atoms with Crippen molar-refractivity contribution in [3.05, 3.63) is 24.0 Å². The van der Waals surface area contributed by atoms with Crippen LogP contribution in [0, 0.1) is 6.92 Å². The van der Waals surface area contributed by atoms with Gasteiger partial charge in [-0.05, 0) is 36.5 Å². The van der Waals surface area contributed by atoms with Crippen molar-refractivity contribution in [3.8, 4) is 0 Å². The van der Waals surface area contributed by atoms with Gasteiger partial charge >= 0.3 is 0 Å². The molecule has 0 aliphatic heterocycles. The van der Waals surface area contributed by atoms with E-state index in [0.29, 0.717) is 0 Å². The van der Waals surface area contributed by atoms with Gasteiger partial charge in [-0.3, -0.25) is 0 Å². The first-order valence-corrected chi connectivity index (χ1v) is 4.62. The van der Waals surface area contributed by atoms with E-state index in [4.69, 9.17) is 0 Å². The minimum absolute atomic E-state index is 0.770. The van der Waals surface area contributed by atoms with Crippen molar-refractivity contribution in [1.82, 2.24) is 4.23 Å². The second-order valence-electron chi connectivity index (χ2n) is 2.88. The Morgan fingerprint density at radius 3 is 2.60 bits per heavy atom. The fourth-order valence-electron chi connectivity index (χ4n) is 0.882. The first-order valence-electron chi connectivity index (χ1n) is 3.59. The molecule has 0 atom stereocenters. The molecule has 2 heteroatoms. The third-order valence-electron chi connectivity index (χ3n) is 1.25. The van der Waals surface area contributed by atoms with Gasteiger partial charge in [-0.1, -0.05) is 13.8 Å². The Morgan fingerprint density at radius 1 is 1.50 bits per heavy atom. The smallest absolute Gasteiger partial charge is 0.188 e. The summed E-state index contributed by atoms with van der Waals surface area (Å²) in [6, 6.07) is 2.15. The van der Waals surface area contributed by atoms with Gasteiger partial charge in [0.05, 0.1) is 0 Å². The van der Waals surface area contributed by atoms with Gasteiger partial charge in [0.2, 0.25) is 0 Å². The number of nitrogens with zero attached hydrogens (tertiary/aromatic N) is 1. The first kappa shape index (κ1) is 7.60. The average molecular weight is 151 g/mol. The van der Waals surface area contributed by atoms with Gasteiger partial charge in [-0.25, -0.2) is 0 Å².